The molecule has 2 aliphatic rings. The Labute approximate surface area is 81.3 Å². The van der Waals surface area contributed by atoms with E-state index in [0.29, 0.717) is 11.5 Å². The molecule has 0 radical (unpaired) electrons. The molecule has 2 fully saturated rings. The Balaban J connectivity index is 2.11. The highest BCUT2D eigenvalue weighted by Crippen LogP contribution is 2.40. The van der Waals surface area contributed by atoms with E-state index in [0.717, 1.165) is 25.2 Å². The number of likely N-dealkylation sites (N-methyl/N-ethyl adjacent to an activating group) is 1. The van der Waals surface area contributed by atoms with Crippen molar-refractivity contribution in [1.29, 1.82) is 0 Å². The number of hydrogen-bond acceptors (Lipinski definition) is 2. The summed E-state index contributed by atoms with van der Waals surface area (Å²) in [6.07, 6.45) is 1.32. The van der Waals surface area contributed by atoms with E-state index < -0.39 is 0 Å². The Bertz CT molecular complexity index is 197. The van der Waals surface area contributed by atoms with Crippen LogP contribution in [0.25, 0.3) is 0 Å². The highest BCUT2D eigenvalue weighted by molar-refractivity contribution is 4.99. The van der Waals surface area contributed by atoms with Crippen molar-refractivity contribution in [1.82, 2.24) is 4.90 Å². The fraction of sp³-hybridized carbons (Fsp3) is 1.00. The van der Waals surface area contributed by atoms with Gasteiger partial charge < -0.3 is 4.74 Å². The van der Waals surface area contributed by atoms with E-state index in [9.17, 15) is 0 Å². The maximum absolute atomic E-state index is 5.50. The molecule has 13 heavy (non-hydrogen) atoms. The van der Waals surface area contributed by atoms with Crippen LogP contribution in [0.2, 0.25) is 0 Å². The Morgan fingerprint density at radius 1 is 1.23 bits per heavy atom. The van der Waals surface area contributed by atoms with Gasteiger partial charge in [-0.2, -0.15) is 0 Å². The maximum atomic E-state index is 5.50. The van der Waals surface area contributed by atoms with Gasteiger partial charge in [0.1, 0.15) is 0 Å². The lowest BCUT2D eigenvalue weighted by Gasteiger charge is -2.34. The normalized spacial score (nSPS) is 41.1. The molecule has 2 saturated heterocycles. The second-order valence-corrected chi connectivity index (χ2v) is 5.65. The lowest BCUT2D eigenvalue weighted by Crippen LogP contribution is -2.41. The van der Waals surface area contributed by atoms with Crippen LogP contribution in [-0.4, -0.2) is 37.2 Å². The first kappa shape index (κ1) is 9.47. The molecular formula is C11H21NO. The molecule has 2 heterocycles. The first-order valence-electron chi connectivity index (χ1n) is 5.30. The average molecular weight is 183 g/mol. The Hall–Kier alpha value is -0.0800. The van der Waals surface area contributed by atoms with Crippen molar-refractivity contribution in [2.24, 2.45) is 11.3 Å². The number of fused-ring (bicyclic) bond motifs is 1. The minimum Gasteiger partial charge on any atom is -0.379 e. The van der Waals surface area contributed by atoms with Crippen LogP contribution in [0.1, 0.15) is 27.2 Å². The summed E-state index contributed by atoms with van der Waals surface area (Å²) in [4.78, 5) is 2.54. The summed E-state index contributed by atoms with van der Waals surface area (Å²) >= 11 is 0. The van der Waals surface area contributed by atoms with Gasteiger partial charge in [-0.3, -0.25) is 4.90 Å². The molecule has 0 spiro atoms. The first-order chi connectivity index (χ1) is 6.00. The van der Waals surface area contributed by atoms with E-state index in [1.807, 2.05) is 0 Å². The highest BCUT2D eigenvalue weighted by atomic mass is 16.5. The highest BCUT2D eigenvalue weighted by Gasteiger charge is 2.46. The molecule has 0 bridgehead atoms. The summed E-state index contributed by atoms with van der Waals surface area (Å²) in [7, 11) is 2.26. The van der Waals surface area contributed by atoms with E-state index in [-0.39, 0.29) is 0 Å². The van der Waals surface area contributed by atoms with Crippen LogP contribution in [0.5, 0.6) is 0 Å². The van der Waals surface area contributed by atoms with Crippen LogP contribution in [0.4, 0.5) is 0 Å². The van der Waals surface area contributed by atoms with Crippen LogP contribution >= 0.6 is 0 Å². The van der Waals surface area contributed by atoms with Gasteiger partial charge >= 0.3 is 0 Å². The minimum absolute atomic E-state index is 0.416. The van der Waals surface area contributed by atoms with E-state index in [2.05, 4.69) is 32.7 Å². The Morgan fingerprint density at radius 2 is 1.92 bits per heavy atom. The lowest BCUT2D eigenvalue weighted by atomic mass is 9.84. The molecule has 0 amide bonds. The summed E-state index contributed by atoms with van der Waals surface area (Å²) in [5.41, 5.74) is 0.416. The van der Waals surface area contributed by atoms with Crippen LogP contribution in [-0.2, 0) is 4.74 Å². The monoisotopic (exact) mass is 183 g/mol. The van der Waals surface area contributed by atoms with Crippen molar-refractivity contribution in [3.05, 3.63) is 0 Å². The summed E-state index contributed by atoms with van der Waals surface area (Å²) < 4.78 is 5.50. The van der Waals surface area contributed by atoms with Crippen LogP contribution < -0.4 is 0 Å². The Kier molecular flexibility index (Phi) is 2.16. The molecule has 2 heteroatoms. The quantitative estimate of drug-likeness (QED) is 0.567. The van der Waals surface area contributed by atoms with E-state index in [1.165, 1.54) is 6.42 Å². The number of likely N-dealkylation sites (tertiary alicyclic amines) is 1. The van der Waals surface area contributed by atoms with Crippen molar-refractivity contribution in [3.8, 4) is 0 Å². The van der Waals surface area contributed by atoms with E-state index >= 15 is 0 Å². The van der Waals surface area contributed by atoms with Gasteiger partial charge in [-0.05, 0) is 18.9 Å². The molecule has 0 saturated carbocycles. The molecule has 0 unspecified atom stereocenters. The zero-order valence-corrected chi connectivity index (χ0v) is 9.21. The minimum atomic E-state index is 0.416. The first-order valence-corrected chi connectivity index (χ1v) is 5.30. The van der Waals surface area contributed by atoms with Crippen molar-refractivity contribution in [2.45, 2.75) is 39.3 Å². The topological polar surface area (TPSA) is 12.5 Å². The molecule has 0 N–H and O–H groups in total. The predicted molar refractivity (Wildman–Crippen MR) is 53.7 cm³/mol. The summed E-state index contributed by atoms with van der Waals surface area (Å²) in [5.74, 6) is 0.800. The van der Waals surface area contributed by atoms with Gasteiger partial charge in [0, 0.05) is 18.0 Å². The molecule has 0 aromatic rings. The number of rotatable bonds is 0. The summed E-state index contributed by atoms with van der Waals surface area (Å²) in [6.45, 7) is 8.97. The van der Waals surface area contributed by atoms with E-state index in [4.69, 9.17) is 4.74 Å². The second-order valence-electron chi connectivity index (χ2n) is 5.65. The van der Waals surface area contributed by atoms with Gasteiger partial charge in [0.2, 0.25) is 0 Å². The molecule has 3 atom stereocenters. The third-order valence-corrected chi connectivity index (χ3v) is 3.71. The van der Waals surface area contributed by atoms with Gasteiger partial charge in [0.05, 0.1) is 13.2 Å². The zero-order valence-electron chi connectivity index (χ0n) is 9.21. The molecule has 76 valence electrons. The molecule has 2 nitrogen and oxygen atoms in total. The van der Waals surface area contributed by atoms with Gasteiger partial charge in [0.15, 0.2) is 0 Å². The number of hydrogen-bond donors (Lipinski definition) is 0. The van der Waals surface area contributed by atoms with Crippen LogP contribution in [0.15, 0.2) is 0 Å². The van der Waals surface area contributed by atoms with Gasteiger partial charge in [-0.15, -0.1) is 0 Å². The third-order valence-electron chi connectivity index (χ3n) is 3.71. The van der Waals surface area contributed by atoms with Crippen molar-refractivity contribution >= 4 is 0 Å². The molecule has 2 aliphatic heterocycles. The standard InChI is InChI=1S/C11H21NO/c1-11(2,3)10-5-8-6-13-7-9(8)12(10)4/h8-10H,5-7H2,1-4H3/t8-,9+,10-/m0/s1. The van der Waals surface area contributed by atoms with Crippen molar-refractivity contribution in [3.63, 3.8) is 0 Å². The Morgan fingerprint density at radius 3 is 2.46 bits per heavy atom. The van der Waals surface area contributed by atoms with Gasteiger partial charge in [-0.1, -0.05) is 20.8 Å². The third kappa shape index (κ3) is 1.50. The molecular weight excluding hydrogens is 162 g/mol. The molecule has 0 aromatic heterocycles. The van der Waals surface area contributed by atoms with E-state index in [1.54, 1.807) is 0 Å². The van der Waals surface area contributed by atoms with Crippen molar-refractivity contribution in [2.75, 3.05) is 20.3 Å². The smallest absolute Gasteiger partial charge is 0.0625 e. The molecule has 0 aliphatic carbocycles. The van der Waals surface area contributed by atoms with Crippen LogP contribution in [0.3, 0.4) is 0 Å². The lowest BCUT2D eigenvalue weighted by molar-refractivity contribution is 0.0946. The largest absolute Gasteiger partial charge is 0.379 e. The number of ether oxygens (including phenoxy) is 1. The average Bonchev–Trinajstić information content (AvgIpc) is 2.51. The second kappa shape index (κ2) is 2.96. The van der Waals surface area contributed by atoms with Gasteiger partial charge in [-0.25, -0.2) is 0 Å². The summed E-state index contributed by atoms with van der Waals surface area (Å²) in [5, 5.41) is 0. The fourth-order valence-electron chi connectivity index (χ4n) is 2.91. The van der Waals surface area contributed by atoms with Crippen molar-refractivity contribution < 1.29 is 4.74 Å². The van der Waals surface area contributed by atoms with Crippen LogP contribution in [0, 0.1) is 11.3 Å². The predicted octanol–water partition coefficient (Wildman–Crippen LogP) is 1.75. The maximum Gasteiger partial charge on any atom is 0.0625 e. The molecule has 0 aromatic carbocycles. The summed E-state index contributed by atoms with van der Waals surface area (Å²) in [6, 6.07) is 1.44. The number of nitrogens with zero attached hydrogens (tertiary/aromatic N) is 1. The SMILES string of the molecule is CN1[C@@H]2COC[C@@H]2C[C@H]1C(C)(C)C. The zero-order chi connectivity index (χ0) is 9.64. The molecule has 2 rings (SSSR count). The fourth-order valence-corrected chi connectivity index (χ4v) is 2.91. The van der Waals surface area contributed by atoms with Gasteiger partial charge in [0.25, 0.3) is 0 Å².